The summed E-state index contributed by atoms with van der Waals surface area (Å²) in [5, 5.41) is 6.64. The maximum absolute atomic E-state index is 12.2. The minimum atomic E-state index is -0.160. The fourth-order valence-electron chi connectivity index (χ4n) is 2.16. The summed E-state index contributed by atoms with van der Waals surface area (Å²) in [6.07, 6.45) is 1.61. The average Bonchev–Trinajstić information content (AvgIpc) is 2.57. The molecule has 0 saturated carbocycles. The normalized spacial score (nSPS) is 10.2. The van der Waals surface area contributed by atoms with Gasteiger partial charge < -0.3 is 10.6 Å². The molecule has 0 bridgehead atoms. The Bertz CT molecular complexity index is 845. The highest BCUT2D eigenvalue weighted by Gasteiger charge is 2.06. The van der Waals surface area contributed by atoms with Crippen LogP contribution in [0.25, 0.3) is 0 Å². The predicted octanol–water partition coefficient (Wildman–Crippen LogP) is 5.04. The van der Waals surface area contributed by atoms with Crippen molar-refractivity contribution in [3.05, 3.63) is 83.0 Å². The molecule has 0 saturated heterocycles. The van der Waals surface area contributed by atoms with Crippen LogP contribution in [0.5, 0.6) is 0 Å². The highest BCUT2D eigenvalue weighted by Crippen LogP contribution is 2.20. The number of benzene rings is 2. The Morgan fingerprint density at radius 1 is 1.00 bits per heavy atom. The van der Waals surface area contributed by atoms with Crippen LogP contribution in [0.1, 0.15) is 15.9 Å². The molecule has 1 amide bonds. The fourth-order valence-corrected chi connectivity index (χ4v) is 2.35. The van der Waals surface area contributed by atoms with Crippen molar-refractivity contribution in [3.63, 3.8) is 0 Å². The molecule has 0 aliphatic rings. The number of pyridine rings is 1. The van der Waals surface area contributed by atoms with Crippen molar-refractivity contribution in [1.29, 1.82) is 0 Å². The second-order valence-electron chi connectivity index (χ2n) is 5.39. The number of carbonyl (C=O) groups excluding carboxylic acids is 1. The van der Waals surface area contributed by atoms with Gasteiger partial charge in [-0.3, -0.25) is 4.79 Å². The van der Waals surface area contributed by atoms with Gasteiger partial charge in [0, 0.05) is 16.3 Å². The molecule has 3 rings (SSSR count). The summed E-state index contributed by atoms with van der Waals surface area (Å²) in [4.78, 5) is 16.5. The molecule has 0 aliphatic heterocycles. The number of carbonyl (C=O) groups is 1. The minimum Gasteiger partial charge on any atom is -0.340 e. The highest BCUT2D eigenvalue weighted by molar-refractivity contribution is 6.30. The van der Waals surface area contributed by atoms with E-state index in [0.29, 0.717) is 22.1 Å². The third-order valence-electron chi connectivity index (χ3n) is 3.43. The summed E-state index contributed by atoms with van der Waals surface area (Å²) in [5.41, 5.74) is 3.22. The van der Waals surface area contributed by atoms with Gasteiger partial charge in [-0.25, -0.2) is 4.98 Å². The van der Waals surface area contributed by atoms with E-state index in [9.17, 15) is 4.79 Å². The van der Waals surface area contributed by atoms with Crippen LogP contribution in [0.4, 0.5) is 17.2 Å². The van der Waals surface area contributed by atoms with E-state index in [1.54, 1.807) is 30.5 Å². The van der Waals surface area contributed by atoms with Gasteiger partial charge in [0.05, 0.1) is 11.9 Å². The Morgan fingerprint density at radius 2 is 1.79 bits per heavy atom. The summed E-state index contributed by atoms with van der Waals surface area (Å²) in [6, 6.07) is 18.4. The molecule has 0 radical (unpaired) electrons. The van der Waals surface area contributed by atoms with E-state index in [-0.39, 0.29) is 5.91 Å². The lowest BCUT2D eigenvalue weighted by molar-refractivity contribution is 0.102. The molecule has 1 aromatic heterocycles. The number of aryl methyl sites for hydroxylation is 1. The molecule has 2 N–H and O–H groups in total. The first kappa shape index (κ1) is 16.0. The smallest absolute Gasteiger partial charge is 0.255 e. The van der Waals surface area contributed by atoms with Crippen LogP contribution in [0, 0.1) is 6.92 Å². The van der Waals surface area contributed by atoms with E-state index in [1.807, 2.05) is 43.3 Å². The van der Waals surface area contributed by atoms with Crippen LogP contribution in [-0.2, 0) is 0 Å². The SMILES string of the molecule is Cc1ccc(C(=O)Nc2ccc(Nc3cccc(Cl)c3)nc2)cc1. The number of rotatable bonds is 4. The van der Waals surface area contributed by atoms with Gasteiger partial charge in [0.25, 0.3) is 5.91 Å². The van der Waals surface area contributed by atoms with Crippen molar-refractivity contribution in [2.75, 3.05) is 10.6 Å². The zero-order chi connectivity index (χ0) is 16.9. The number of amides is 1. The summed E-state index contributed by atoms with van der Waals surface area (Å²) in [5.74, 6) is 0.512. The lowest BCUT2D eigenvalue weighted by Crippen LogP contribution is -2.12. The molecule has 5 heteroatoms. The zero-order valence-electron chi connectivity index (χ0n) is 13.1. The monoisotopic (exact) mass is 337 g/mol. The Balaban J connectivity index is 1.66. The van der Waals surface area contributed by atoms with E-state index in [0.717, 1.165) is 11.3 Å². The molecule has 0 unspecified atom stereocenters. The molecule has 0 atom stereocenters. The summed E-state index contributed by atoms with van der Waals surface area (Å²) >= 11 is 5.95. The maximum Gasteiger partial charge on any atom is 0.255 e. The van der Waals surface area contributed by atoms with Crippen molar-refractivity contribution < 1.29 is 4.79 Å². The first-order valence-electron chi connectivity index (χ1n) is 7.47. The average molecular weight is 338 g/mol. The van der Waals surface area contributed by atoms with Gasteiger partial charge in [0.2, 0.25) is 0 Å². The van der Waals surface area contributed by atoms with Crippen LogP contribution in [0.15, 0.2) is 66.9 Å². The van der Waals surface area contributed by atoms with Crippen molar-refractivity contribution >= 4 is 34.7 Å². The Hall–Kier alpha value is -2.85. The first-order valence-corrected chi connectivity index (χ1v) is 7.84. The highest BCUT2D eigenvalue weighted by atomic mass is 35.5. The van der Waals surface area contributed by atoms with Crippen LogP contribution in [-0.4, -0.2) is 10.9 Å². The molecule has 2 aromatic carbocycles. The third-order valence-corrected chi connectivity index (χ3v) is 3.67. The van der Waals surface area contributed by atoms with Gasteiger partial charge in [-0.1, -0.05) is 35.4 Å². The van der Waals surface area contributed by atoms with Crippen molar-refractivity contribution in [3.8, 4) is 0 Å². The van der Waals surface area contributed by atoms with E-state index < -0.39 is 0 Å². The molecule has 120 valence electrons. The van der Waals surface area contributed by atoms with Gasteiger partial charge >= 0.3 is 0 Å². The van der Waals surface area contributed by atoms with Crippen LogP contribution in [0.2, 0.25) is 5.02 Å². The van der Waals surface area contributed by atoms with Crippen LogP contribution in [0.3, 0.4) is 0 Å². The van der Waals surface area contributed by atoms with Gasteiger partial charge in [-0.15, -0.1) is 0 Å². The molecule has 0 spiro atoms. The number of hydrogen-bond acceptors (Lipinski definition) is 3. The Morgan fingerprint density at radius 3 is 2.46 bits per heavy atom. The van der Waals surface area contributed by atoms with Crippen molar-refractivity contribution in [1.82, 2.24) is 4.98 Å². The Labute approximate surface area is 145 Å². The number of aromatic nitrogens is 1. The number of nitrogens with one attached hydrogen (secondary N) is 2. The number of hydrogen-bond donors (Lipinski definition) is 2. The van der Waals surface area contributed by atoms with Crippen LogP contribution < -0.4 is 10.6 Å². The molecular formula is C19H16ClN3O. The minimum absolute atomic E-state index is 0.160. The second kappa shape index (κ2) is 7.15. The third kappa shape index (κ3) is 4.12. The number of nitrogens with zero attached hydrogens (tertiary/aromatic N) is 1. The molecule has 0 fully saturated rings. The van der Waals surface area contributed by atoms with Gasteiger partial charge in [0.1, 0.15) is 5.82 Å². The standard InChI is InChI=1S/C19H16ClN3O/c1-13-5-7-14(8-6-13)19(24)23-17-9-10-18(21-12-17)22-16-4-2-3-15(20)11-16/h2-12H,1H3,(H,21,22)(H,23,24). The topological polar surface area (TPSA) is 54.0 Å². The molecular weight excluding hydrogens is 322 g/mol. The van der Waals surface area contributed by atoms with Gasteiger partial charge in [-0.2, -0.15) is 0 Å². The quantitative estimate of drug-likeness (QED) is 0.701. The number of anilines is 3. The van der Waals surface area contributed by atoms with Crippen LogP contribution >= 0.6 is 11.6 Å². The Kier molecular flexibility index (Phi) is 4.77. The lowest BCUT2D eigenvalue weighted by atomic mass is 10.1. The largest absolute Gasteiger partial charge is 0.340 e. The number of halogens is 1. The lowest BCUT2D eigenvalue weighted by Gasteiger charge is -2.08. The first-order chi connectivity index (χ1) is 11.6. The second-order valence-corrected chi connectivity index (χ2v) is 5.82. The van der Waals surface area contributed by atoms with E-state index in [1.165, 1.54) is 0 Å². The van der Waals surface area contributed by atoms with E-state index in [4.69, 9.17) is 11.6 Å². The zero-order valence-corrected chi connectivity index (χ0v) is 13.8. The van der Waals surface area contributed by atoms with Gasteiger partial charge in [-0.05, 0) is 49.4 Å². The fraction of sp³-hybridized carbons (Fsp3) is 0.0526. The summed E-state index contributed by atoms with van der Waals surface area (Å²) < 4.78 is 0. The molecule has 0 aliphatic carbocycles. The maximum atomic E-state index is 12.2. The summed E-state index contributed by atoms with van der Waals surface area (Å²) in [6.45, 7) is 1.98. The van der Waals surface area contributed by atoms with Gasteiger partial charge in [0.15, 0.2) is 0 Å². The van der Waals surface area contributed by atoms with Crippen molar-refractivity contribution in [2.24, 2.45) is 0 Å². The van der Waals surface area contributed by atoms with E-state index in [2.05, 4.69) is 15.6 Å². The molecule has 4 nitrogen and oxygen atoms in total. The predicted molar refractivity (Wildman–Crippen MR) is 98.1 cm³/mol. The molecule has 1 heterocycles. The molecule has 3 aromatic rings. The molecule has 24 heavy (non-hydrogen) atoms. The van der Waals surface area contributed by atoms with E-state index >= 15 is 0 Å². The summed E-state index contributed by atoms with van der Waals surface area (Å²) in [7, 11) is 0. The van der Waals surface area contributed by atoms with Crippen molar-refractivity contribution in [2.45, 2.75) is 6.92 Å².